The van der Waals surface area contributed by atoms with Crippen molar-refractivity contribution in [1.82, 2.24) is 9.78 Å². The molecule has 0 radical (unpaired) electrons. The number of aromatic nitrogens is 2. The maximum absolute atomic E-state index is 12.1. The lowest BCUT2D eigenvalue weighted by Crippen LogP contribution is -2.37. The number of amides is 1. The summed E-state index contributed by atoms with van der Waals surface area (Å²) in [6.45, 7) is 0.444. The lowest BCUT2D eigenvalue weighted by molar-refractivity contribution is -0.119. The first kappa shape index (κ1) is 11.8. The number of anilines is 1. The minimum absolute atomic E-state index is 0.00746. The number of carbonyl (C=O) groups excluding carboxylic acids is 1. The molecule has 0 atom stereocenters. The third-order valence-corrected chi connectivity index (χ3v) is 3.44. The number of nitrogens with one attached hydrogen (secondary N) is 1. The van der Waals surface area contributed by atoms with Crippen LogP contribution in [0.4, 0.5) is 5.69 Å². The van der Waals surface area contributed by atoms with E-state index in [1.165, 1.54) is 4.68 Å². The van der Waals surface area contributed by atoms with Gasteiger partial charge in [-0.3, -0.25) is 19.4 Å². The Balaban J connectivity index is 2.02. The summed E-state index contributed by atoms with van der Waals surface area (Å²) in [5.74, 6) is 0.00746. The predicted octanol–water partition coefficient (Wildman–Crippen LogP) is 1.19. The zero-order valence-electron chi connectivity index (χ0n) is 10.7. The van der Waals surface area contributed by atoms with Gasteiger partial charge in [-0.05, 0) is 5.56 Å². The molecule has 0 bridgehead atoms. The molecule has 0 fully saturated rings. The Bertz CT molecular complexity index is 670. The first-order valence-electron chi connectivity index (χ1n) is 6.29. The van der Waals surface area contributed by atoms with Gasteiger partial charge in [-0.1, -0.05) is 30.3 Å². The van der Waals surface area contributed by atoms with Crippen molar-refractivity contribution >= 4 is 11.6 Å². The van der Waals surface area contributed by atoms with E-state index in [-0.39, 0.29) is 11.5 Å². The fraction of sp³-hybridized carbons (Fsp3) is 0.286. The summed E-state index contributed by atoms with van der Waals surface area (Å²) in [4.78, 5) is 25.8. The number of aromatic amines is 1. The quantitative estimate of drug-likeness (QED) is 0.878. The summed E-state index contributed by atoms with van der Waals surface area (Å²) in [5.41, 5.74) is 2.23. The van der Waals surface area contributed by atoms with Gasteiger partial charge in [0.1, 0.15) is 5.69 Å². The van der Waals surface area contributed by atoms with Gasteiger partial charge in [0.15, 0.2) is 0 Å². The molecule has 0 spiro atoms. The van der Waals surface area contributed by atoms with Crippen molar-refractivity contribution < 1.29 is 4.79 Å². The molecule has 1 amide bonds. The summed E-state index contributed by atoms with van der Waals surface area (Å²) in [7, 11) is 1.67. The van der Waals surface area contributed by atoms with E-state index < -0.39 is 0 Å². The van der Waals surface area contributed by atoms with Crippen LogP contribution in [0.2, 0.25) is 0 Å². The van der Waals surface area contributed by atoms with E-state index in [1.807, 2.05) is 30.3 Å². The molecule has 2 aromatic rings. The number of rotatable bonds is 2. The van der Waals surface area contributed by atoms with Crippen LogP contribution < -0.4 is 10.5 Å². The van der Waals surface area contributed by atoms with E-state index in [0.29, 0.717) is 25.1 Å². The van der Waals surface area contributed by atoms with Gasteiger partial charge in [-0.15, -0.1) is 0 Å². The van der Waals surface area contributed by atoms with Gasteiger partial charge >= 0.3 is 0 Å². The SMILES string of the molecule is Cn1[nH]c2c(c1=O)N(Cc1ccccc1)C(=O)CC2. The van der Waals surface area contributed by atoms with Crippen LogP contribution in [0, 0.1) is 0 Å². The van der Waals surface area contributed by atoms with Gasteiger partial charge in [-0.25, -0.2) is 0 Å². The average molecular weight is 257 g/mol. The number of carbonyl (C=O) groups is 1. The summed E-state index contributed by atoms with van der Waals surface area (Å²) in [5, 5.41) is 3.01. The molecule has 98 valence electrons. The Kier molecular flexibility index (Phi) is 2.74. The molecular formula is C14H15N3O2. The minimum Gasteiger partial charge on any atom is -0.302 e. The molecule has 0 unspecified atom stereocenters. The third-order valence-electron chi connectivity index (χ3n) is 3.44. The standard InChI is InChI=1S/C14H15N3O2/c1-16-14(19)13-11(15-16)7-8-12(18)17(13)9-10-5-3-2-4-6-10/h2-6,15H,7-9H2,1H3. The number of hydrogen-bond acceptors (Lipinski definition) is 2. The van der Waals surface area contributed by atoms with Crippen LogP contribution in [-0.2, 0) is 24.8 Å². The topological polar surface area (TPSA) is 58.1 Å². The molecule has 1 aromatic carbocycles. The normalized spacial score (nSPS) is 14.6. The van der Waals surface area contributed by atoms with Crippen LogP contribution in [0.15, 0.2) is 35.1 Å². The van der Waals surface area contributed by atoms with Crippen molar-refractivity contribution in [2.45, 2.75) is 19.4 Å². The minimum atomic E-state index is -0.140. The fourth-order valence-corrected chi connectivity index (χ4v) is 2.47. The van der Waals surface area contributed by atoms with Crippen LogP contribution in [0.5, 0.6) is 0 Å². The molecule has 19 heavy (non-hydrogen) atoms. The predicted molar refractivity (Wildman–Crippen MR) is 72.0 cm³/mol. The van der Waals surface area contributed by atoms with E-state index in [2.05, 4.69) is 5.10 Å². The maximum atomic E-state index is 12.1. The molecule has 1 N–H and O–H groups in total. The average Bonchev–Trinajstić information content (AvgIpc) is 2.70. The highest BCUT2D eigenvalue weighted by Crippen LogP contribution is 2.24. The Morgan fingerprint density at radius 2 is 1.89 bits per heavy atom. The van der Waals surface area contributed by atoms with Crippen molar-refractivity contribution in [2.75, 3.05) is 4.90 Å². The lowest BCUT2D eigenvalue weighted by atomic mass is 10.1. The second-order valence-electron chi connectivity index (χ2n) is 4.77. The van der Waals surface area contributed by atoms with Crippen molar-refractivity contribution in [2.24, 2.45) is 7.05 Å². The molecule has 0 saturated heterocycles. The van der Waals surface area contributed by atoms with E-state index in [4.69, 9.17) is 0 Å². The summed E-state index contributed by atoms with van der Waals surface area (Å²) in [6, 6.07) is 9.71. The van der Waals surface area contributed by atoms with Gasteiger partial charge in [0.05, 0.1) is 12.2 Å². The Labute approximate surface area is 110 Å². The highest BCUT2D eigenvalue weighted by Gasteiger charge is 2.29. The molecule has 5 nitrogen and oxygen atoms in total. The first-order chi connectivity index (χ1) is 9.16. The highest BCUT2D eigenvalue weighted by molar-refractivity contribution is 5.95. The van der Waals surface area contributed by atoms with E-state index in [1.54, 1.807) is 11.9 Å². The van der Waals surface area contributed by atoms with Gasteiger partial charge in [-0.2, -0.15) is 0 Å². The zero-order valence-corrected chi connectivity index (χ0v) is 10.7. The monoisotopic (exact) mass is 257 g/mol. The van der Waals surface area contributed by atoms with Gasteiger partial charge in [0.2, 0.25) is 5.91 Å². The van der Waals surface area contributed by atoms with Crippen molar-refractivity contribution in [3.8, 4) is 0 Å². The fourth-order valence-electron chi connectivity index (χ4n) is 2.47. The van der Waals surface area contributed by atoms with Crippen LogP contribution in [-0.4, -0.2) is 15.7 Å². The summed E-state index contributed by atoms with van der Waals surface area (Å²) < 4.78 is 1.43. The maximum Gasteiger partial charge on any atom is 0.290 e. The molecule has 1 aliphatic heterocycles. The summed E-state index contributed by atoms with van der Waals surface area (Å²) in [6.07, 6.45) is 1.05. The molecular weight excluding hydrogens is 242 g/mol. The van der Waals surface area contributed by atoms with E-state index in [9.17, 15) is 9.59 Å². The Morgan fingerprint density at radius 3 is 2.63 bits per heavy atom. The van der Waals surface area contributed by atoms with Crippen LogP contribution in [0.25, 0.3) is 0 Å². The summed E-state index contributed by atoms with van der Waals surface area (Å²) >= 11 is 0. The second-order valence-corrected chi connectivity index (χ2v) is 4.77. The third kappa shape index (κ3) is 1.97. The number of hydrogen-bond donors (Lipinski definition) is 1. The van der Waals surface area contributed by atoms with Crippen molar-refractivity contribution in [3.05, 3.63) is 51.9 Å². The number of benzene rings is 1. The van der Waals surface area contributed by atoms with Gasteiger partial charge < -0.3 is 4.90 Å². The van der Waals surface area contributed by atoms with Gasteiger partial charge in [0.25, 0.3) is 5.56 Å². The van der Waals surface area contributed by atoms with Gasteiger partial charge in [0, 0.05) is 19.9 Å². The number of H-pyrrole nitrogens is 1. The van der Waals surface area contributed by atoms with E-state index >= 15 is 0 Å². The molecule has 0 aliphatic carbocycles. The van der Waals surface area contributed by atoms with Crippen LogP contribution in [0.3, 0.4) is 0 Å². The molecule has 2 heterocycles. The number of aryl methyl sites for hydroxylation is 2. The lowest BCUT2D eigenvalue weighted by Gasteiger charge is -2.25. The molecule has 0 saturated carbocycles. The smallest absolute Gasteiger partial charge is 0.290 e. The first-order valence-corrected chi connectivity index (χ1v) is 6.29. The number of nitrogens with zero attached hydrogens (tertiary/aromatic N) is 2. The van der Waals surface area contributed by atoms with Crippen LogP contribution in [0.1, 0.15) is 17.7 Å². The Morgan fingerprint density at radius 1 is 1.16 bits per heavy atom. The van der Waals surface area contributed by atoms with Crippen molar-refractivity contribution in [1.29, 1.82) is 0 Å². The van der Waals surface area contributed by atoms with Crippen LogP contribution >= 0.6 is 0 Å². The van der Waals surface area contributed by atoms with E-state index in [0.717, 1.165) is 11.3 Å². The molecule has 1 aromatic heterocycles. The highest BCUT2D eigenvalue weighted by atomic mass is 16.2. The zero-order chi connectivity index (χ0) is 13.4. The largest absolute Gasteiger partial charge is 0.302 e. The van der Waals surface area contributed by atoms with Crippen molar-refractivity contribution in [3.63, 3.8) is 0 Å². The molecule has 3 rings (SSSR count). The molecule has 5 heteroatoms. The second kappa shape index (κ2) is 4.42. The Hall–Kier alpha value is -2.30. The molecule has 1 aliphatic rings. The number of fused-ring (bicyclic) bond motifs is 1.